The molecule has 1 aromatic rings. The van der Waals surface area contributed by atoms with Gasteiger partial charge in [0.1, 0.15) is 4.90 Å². The highest BCUT2D eigenvalue weighted by molar-refractivity contribution is 7.95. The van der Waals surface area contributed by atoms with Gasteiger partial charge in [0.05, 0.1) is 28.9 Å². The third-order valence-electron chi connectivity index (χ3n) is 5.86. The molecule has 2 saturated heterocycles. The van der Waals surface area contributed by atoms with Crippen molar-refractivity contribution in [2.75, 3.05) is 44.2 Å². The van der Waals surface area contributed by atoms with Gasteiger partial charge in [-0.1, -0.05) is 0 Å². The van der Waals surface area contributed by atoms with Crippen LogP contribution in [0.4, 0.5) is 5.69 Å². The number of rotatable bonds is 10. The van der Waals surface area contributed by atoms with E-state index in [0.717, 1.165) is 25.8 Å². The Labute approximate surface area is 200 Å². The zero-order valence-electron chi connectivity index (χ0n) is 18.4. The summed E-state index contributed by atoms with van der Waals surface area (Å²) in [6.45, 7) is 3.09. The summed E-state index contributed by atoms with van der Waals surface area (Å²) in [6.07, 6.45) is 2.86. The number of benzene rings is 1. The summed E-state index contributed by atoms with van der Waals surface area (Å²) in [7, 11) is 0. The lowest BCUT2D eigenvalue weighted by atomic mass is 9.95. The van der Waals surface area contributed by atoms with E-state index in [4.69, 9.17) is 16.0 Å². The number of piperidine rings is 1. The number of amides is 1. The Balaban J connectivity index is 1.87. The number of nitrogens with two attached hydrogens (primary N) is 1. The molecule has 33 heavy (non-hydrogen) atoms. The maximum absolute atomic E-state index is 13.0. The third kappa shape index (κ3) is 6.44. The number of carbonyl (C=O) groups is 1. The van der Waals surface area contributed by atoms with Crippen molar-refractivity contribution in [3.63, 3.8) is 0 Å². The average Bonchev–Trinajstić information content (AvgIpc) is 3.35. The Morgan fingerprint density at radius 1 is 1.45 bits per heavy atom. The standard InChI is InChI=1S/C20H31N7O4S2/c21-19(25-22)17-15(27-9-1-3-13(12-27)20(29)24-7-2-10-28)4-5-16(18(17)32-30)33(31)26-14-6-8-23-11-14/h4-5,13-14,21-23,26,28,30H,1-3,6-12H2,(H,24,29)/p+1/t13?,14-,33?/m1/s1. The molecule has 182 valence electrons. The highest BCUT2D eigenvalue weighted by Gasteiger charge is 2.32. The van der Waals surface area contributed by atoms with Gasteiger partial charge in [0, 0.05) is 55.6 Å². The normalized spacial score (nSPS) is 21.6. The predicted octanol–water partition coefficient (Wildman–Crippen LogP) is -0.523. The lowest BCUT2D eigenvalue weighted by Crippen LogP contribution is -2.44. The molecular formula is C20H32N7O4S2+. The Morgan fingerprint density at radius 2 is 2.27 bits per heavy atom. The molecule has 1 aromatic carbocycles. The van der Waals surface area contributed by atoms with Gasteiger partial charge >= 0.3 is 0 Å². The minimum atomic E-state index is -1.60. The zero-order valence-corrected chi connectivity index (χ0v) is 20.0. The van der Waals surface area contributed by atoms with Gasteiger partial charge in [-0.25, -0.2) is 0 Å². The molecule has 3 atom stereocenters. The van der Waals surface area contributed by atoms with Crippen LogP contribution in [0.5, 0.6) is 0 Å². The van der Waals surface area contributed by atoms with E-state index in [-0.39, 0.29) is 35.2 Å². The van der Waals surface area contributed by atoms with Crippen molar-refractivity contribution in [3.8, 4) is 0 Å². The topological polar surface area (TPSA) is 182 Å². The van der Waals surface area contributed by atoms with E-state index in [2.05, 4.69) is 20.5 Å². The lowest BCUT2D eigenvalue weighted by molar-refractivity contribution is -0.207. The molecule has 0 aromatic heterocycles. The van der Waals surface area contributed by atoms with Crippen LogP contribution < -0.4 is 25.8 Å². The van der Waals surface area contributed by atoms with Crippen LogP contribution in [-0.2, 0) is 16.2 Å². The van der Waals surface area contributed by atoms with Gasteiger partial charge in [-0.3, -0.25) is 10.2 Å². The molecule has 0 saturated carbocycles. The monoisotopic (exact) mass is 498 g/mol. The smallest absolute Gasteiger partial charge is 0.224 e. The minimum Gasteiger partial charge on any atom is -0.593 e. The molecule has 2 aliphatic rings. The second kappa shape index (κ2) is 12.6. The number of aliphatic hydroxyl groups excluding tert-OH is 1. The zero-order chi connectivity index (χ0) is 23.8. The van der Waals surface area contributed by atoms with Gasteiger partial charge in [0.25, 0.3) is 0 Å². The lowest BCUT2D eigenvalue weighted by Gasteiger charge is -2.35. The first-order chi connectivity index (χ1) is 16.0. The van der Waals surface area contributed by atoms with Crippen molar-refractivity contribution >= 4 is 40.8 Å². The largest absolute Gasteiger partial charge is 0.593 e. The Morgan fingerprint density at radius 3 is 2.94 bits per heavy atom. The summed E-state index contributed by atoms with van der Waals surface area (Å²) in [5.74, 6) is -0.556. The first kappa shape index (κ1) is 25.9. The van der Waals surface area contributed by atoms with E-state index in [1.807, 2.05) is 4.90 Å². The summed E-state index contributed by atoms with van der Waals surface area (Å²) >= 11 is -1.18. The Hall–Kier alpha value is -1.74. The Bertz CT molecular complexity index is 854. The second-order valence-corrected chi connectivity index (χ2v) is 9.89. The SMILES string of the molecule is N=C(N=[NH2+])c1c(N2CCCC(C(=O)NCCCO)C2)ccc([S+]([O-])N[C@@H]2CCNC2)c1SO. The molecule has 2 fully saturated rings. The predicted molar refractivity (Wildman–Crippen MR) is 127 cm³/mol. The maximum atomic E-state index is 13.0. The number of nitrogens with one attached hydrogen (secondary N) is 4. The molecule has 13 heteroatoms. The molecular weight excluding hydrogens is 466 g/mol. The summed E-state index contributed by atoms with van der Waals surface area (Å²) < 4.78 is 26.2. The number of hydrogen-bond donors (Lipinski definition) is 7. The van der Waals surface area contributed by atoms with Crippen LogP contribution in [-0.4, -0.2) is 71.3 Å². The van der Waals surface area contributed by atoms with Crippen molar-refractivity contribution in [2.45, 2.75) is 41.5 Å². The third-order valence-corrected chi connectivity index (χ3v) is 7.88. The van der Waals surface area contributed by atoms with Crippen LogP contribution in [0.1, 0.15) is 31.2 Å². The molecule has 1 amide bonds. The molecule has 0 radical (unpaired) electrons. The van der Waals surface area contributed by atoms with Crippen LogP contribution in [0.25, 0.3) is 0 Å². The summed E-state index contributed by atoms with van der Waals surface area (Å²) in [5, 5.41) is 26.8. The molecule has 0 spiro atoms. The summed E-state index contributed by atoms with van der Waals surface area (Å²) in [5.41, 5.74) is 6.34. The van der Waals surface area contributed by atoms with Crippen LogP contribution in [0.15, 0.2) is 27.0 Å². The minimum absolute atomic E-state index is 0.0204. The number of anilines is 1. The molecule has 0 bridgehead atoms. The molecule has 2 heterocycles. The highest BCUT2D eigenvalue weighted by Crippen LogP contribution is 2.37. The first-order valence-electron chi connectivity index (χ1n) is 11.0. The van der Waals surface area contributed by atoms with Crippen molar-refractivity contribution in [1.29, 1.82) is 5.41 Å². The van der Waals surface area contributed by atoms with Crippen molar-refractivity contribution in [2.24, 2.45) is 11.0 Å². The van der Waals surface area contributed by atoms with Crippen molar-refractivity contribution in [3.05, 3.63) is 17.7 Å². The summed E-state index contributed by atoms with van der Waals surface area (Å²) in [6, 6.07) is 3.48. The van der Waals surface area contributed by atoms with Gasteiger partial charge in [-0.15, -0.1) is 4.72 Å². The van der Waals surface area contributed by atoms with Crippen LogP contribution in [0, 0.1) is 11.3 Å². The average molecular weight is 499 g/mol. The van der Waals surface area contributed by atoms with Gasteiger partial charge < -0.3 is 29.7 Å². The van der Waals surface area contributed by atoms with Crippen LogP contribution >= 0.6 is 12.0 Å². The number of aliphatic hydroxyl groups is 1. The molecule has 2 unspecified atom stereocenters. The molecule has 11 nitrogen and oxygen atoms in total. The number of nitrogens with zero attached hydrogens (tertiary/aromatic N) is 2. The van der Waals surface area contributed by atoms with E-state index in [1.165, 1.54) is 0 Å². The second-order valence-electron chi connectivity index (χ2n) is 8.09. The maximum Gasteiger partial charge on any atom is 0.224 e. The fraction of sp³-hybridized carbons (Fsp3) is 0.600. The fourth-order valence-electron chi connectivity index (χ4n) is 4.16. The van der Waals surface area contributed by atoms with Crippen LogP contribution in [0.3, 0.4) is 0 Å². The van der Waals surface area contributed by atoms with Gasteiger partial charge in [-0.2, -0.15) is 5.53 Å². The fourth-order valence-corrected chi connectivity index (χ4v) is 6.04. The molecule has 8 N–H and O–H groups in total. The number of carbonyl (C=O) groups excluding carboxylic acids is 1. The molecule has 2 aliphatic heterocycles. The first-order valence-corrected chi connectivity index (χ1v) is 12.9. The van der Waals surface area contributed by atoms with Gasteiger partial charge in [0.15, 0.2) is 4.90 Å². The van der Waals surface area contributed by atoms with Crippen molar-refractivity contribution < 1.29 is 24.5 Å². The van der Waals surface area contributed by atoms with Crippen LogP contribution in [0.2, 0.25) is 0 Å². The van der Waals surface area contributed by atoms with E-state index >= 15 is 0 Å². The quantitative estimate of drug-likeness (QED) is 0.0561. The van der Waals surface area contributed by atoms with E-state index in [1.54, 1.807) is 12.1 Å². The molecule has 0 aliphatic carbocycles. The van der Waals surface area contributed by atoms with E-state index in [0.29, 0.717) is 60.8 Å². The highest BCUT2D eigenvalue weighted by atomic mass is 32.2. The van der Waals surface area contributed by atoms with E-state index < -0.39 is 11.4 Å². The van der Waals surface area contributed by atoms with Gasteiger partial charge in [-0.05, 0) is 44.4 Å². The number of hydrogen-bond acceptors (Lipinski definition) is 9. The Kier molecular flexibility index (Phi) is 9.92. The number of amidine groups is 1. The summed E-state index contributed by atoms with van der Waals surface area (Å²) in [4.78, 5) is 15.2. The molecule has 3 rings (SSSR count). The van der Waals surface area contributed by atoms with Crippen molar-refractivity contribution in [1.82, 2.24) is 15.4 Å². The van der Waals surface area contributed by atoms with Gasteiger partial charge in [0.2, 0.25) is 11.7 Å². The van der Waals surface area contributed by atoms with E-state index in [9.17, 15) is 13.9 Å².